The van der Waals surface area contributed by atoms with E-state index in [0.717, 1.165) is 12.8 Å². The van der Waals surface area contributed by atoms with Crippen molar-refractivity contribution in [3.8, 4) is 0 Å². The van der Waals surface area contributed by atoms with Crippen molar-refractivity contribution in [1.82, 2.24) is 0 Å². The fourth-order valence-electron chi connectivity index (χ4n) is 2.41. The summed E-state index contributed by atoms with van der Waals surface area (Å²) >= 11 is 0. The molecule has 120 valence electrons. The van der Waals surface area contributed by atoms with E-state index in [4.69, 9.17) is 4.74 Å². The Balaban J connectivity index is 2.27. The van der Waals surface area contributed by atoms with Crippen LogP contribution < -0.4 is 0 Å². The number of carbonyl (C=O) groups is 2. The zero-order chi connectivity index (χ0) is 16.7. The van der Waals surface area contributed by atoms with E-state index in [1.54, 1.807) is 42.5 Å². The van der Waals surface area contributed by atoms with Crippen molar-refractivity contribution in [2.75, 3.05) is 0 Å². The second-order valence-electron chi connectivity index (χ2n) is 5.29. The minimum absolute atomic E-state index is 0.175. The smallest absolute Gasteiger partial charge is 0.338 e. The molecule has 0 fully saturated rings. The maximum absolute atomic E-state index is 12.3. The van der Waals surface area contributed by atoms with Crippen molar-refractivity contribution in [3.63, 3.8) is 0 Å². The third-order valence-corrected chi connectivity index (χ3v) is 3.62. The summed E-state index contributed by atoms with van der Waals surface area (Å²) < 4.78 is 5.61. The van der Waals surface area contributed by atoms with Crippen molar-refractivity contribution >= 4 is 11.9 Å². The topological polar surface area (TPSA) is 63.6 Å². The number of hydrogen-bond acceptors (Lipinski definition) is 3. The highest BCUT2D eigenvalue weighted by molar-refractivity contribution is 5.91. The van der Waals surface area contributed by atoms with Crippen LogP contribution in [0.4, 0.5) is 0 Å². The number of esters is 1. The van der Waals surface area contributed by atoms with Crippen LogP contribution in [0.5, 0.6) is 0 Å². The Bertz CT molecular complexity index is 664. The predicted octanol–water partition coefficient (Wildman–Crippen LogP) is 4.47. The maximum Gasteiger partial charge on any atom is 0.338 e. The van der Waals surface area contributed by atoms with Crippen molar-refractivity contribution in [3.05, 3.63) is 71.3 Å². The van der Waals surface area contributed by atoms with Crippen LogP contribution in [0.15, 0.2) is 54.6 Å². The van der Waals surface area contributed by atoms with Crippen LogP contribution in [0.1, 0.15) is 58.6 Å². The van der Waals surface area contributed by atoms with E-state index in [0.29, 0.717) is 17.5 Å². The van der Waals surface area contributed by atoms with Crippen LogP contribution in [0.25, 0.3) is 0 Å². The van der Waals surface area contributed by atoms with E-state index in [1.807, 2.05) is 13.0 Å². The molecule has 0 aliphatic heterocycles. The molecule has 2 rings (SSSR count). The van der Waals surface area contributed by atoms with E-state index in [1.165, 1.54) is 6.07 Å². The van der Waals surface area contributed by atoms with Gasteiger partial charge in [0.25, 0.3) is 0 Å². The number of benzene rings is 2. The highest BCUT2D eigenvalue weighted by Crippen LogP contribution is 2.28. The third-order valence-electron chi connectivity index (χ3n) is 3.62. The monoisotopic (exact) mass is 312 g/mol. The zero-order valence-electron chi connectivity index (χ0n) is 13.1. The highest BCUT2D eigenvalue weighted by atomic mass is 16.5. The molecule has 4 heteroatoms. The summed E-state index contributed by atoms with van der Waals surface area (Å²) in [6.45, 7) is 2.04. The molecular weight excluding hydrogens is 292 g/mol. The van der Waals surface area contributed by atoms with E-state index in [2.05, 4.69) is 0 Å². The molecule has 0 saturated heterocycles. The van der Waals surface area contributed by atoms with Gasteiger partial charge in [0.15, 0.2) is 0 Å². The SMILES string of the molecule is CCCCC(OC(=O)c1ccccc1)c1ccccc1C(=O)O. The molecule has 1 unspecified atom stereocenters. The number of carboxylic acids is 1. The summed E-state index contributed by atoms with van der Waals surface area (Å²) in [5.74, 6) is -1.45. The maximum atomic E-state index is 12.3. The Kier molecular flexibility index (Phi) is 5.92. The first-order valence-electron chi connectivity index (χ1n) is 7.71. The number of rotatable bonds is 7. The van der Waals surface area contributed by atoms with Gasteiger partial charge in [-0.2, -0.15) is 0 Å². The van der Waals surface area contributed by atoms with Gasteiger partial charge >= 0.3 is 11.9 Å². The number of carboxylic acid groups (broad SMARTS) is 1. The molecule has 0 radical (unpaired) electrons. The predicted molar refractivity (Wildman–Crippen MR) is 87.5 cm³/mol. The minimum Gasteiger partial charge on any atom is -0.478 e. The van der Waals surface area contributed by atoms with Gasteiger partial charge in [-0.25, -0.2) is 9.59 Å². The van der Waals surface area contributed by atoms with Crippen molar-refractivity contribution in [1.29, 1.82) is 0 Å². The van der Waals surface area contributed by atoms with E-state index >= 15 is 0 Å². The Labute approximate surface area is 135 Å². The molecule has 1 N–H and O–H groups in total. The molecule has 0 aliphatic rings. The van der Waals surface area contributed by atoms with Gasteiger partial charge in [0.1, 0.15) is 6.10 Å². The second-order valence-corrected chi connectivity index (χ2v) is 5.29. The lowest BCUT2D eigenvalue weighted by molar-refractivity contribution is 0.0264. The van der Waals surface area contributed by atoms with Crippen LogP contribution in [0.2, 0.25) is 0 Å². The molecule has 23 heavy (non-hydrogen) atoms. The standard InChI is InChI=1S/C19H20O4/c1-2-3-13-17(15-11-7-8-12-16(15)18(20)21)23-19(22)14-9-5-4-6-10-14/h4-12,17H,2-3,13H2,1H3,(H,20,21). The molecular formula is C19H20O4. The first kappa shape index (κ1) is 16.7. The first-order valence-corrected chi connectivity index (χ1v) is 7.71. The van der Waals surface area contributed by atoms with Crippen molar-refractivity contribution < 1.29 is 19.4 Å². The van der Waals surface area contributed by atoms with Crippen LogP contribution in [0.3, 0.4) is 0 Å². The van der Waals surface area contributed by atoms with Crippen molar-refractivity contribution in [2.24, 2.45) is 0 Å². The van der Waals surface area contributed by atoms with Gasteiger partial charge in [0.05, 0.1) is 11.1 Å². The van der Waals surface area contributed by atoms with Crippen LogP contribution in [0, 0.1) is 0 Å². The quantitative estimate of drug-likeness (QED) is 0.766. The fraction of sp³-hybridized carbons (Fsp3) is 0.263. The molecule has 1 atom stereocenters. The largest absolute Gasteiger partial charge is 0.478 e. The lowest BCUT2D eigenvalue weighted by atomic mass is 9.98. The normalized spacial score (nSPS) is 11.7. The van der Waals surface area contributed by atoms with E-state index in [-0.39, 0.29) is 5.56 Å². The number of carbonyl (C=O) groups excluding carboxylic acids is 1. The fourth-order valence-corrected chi connectivity index (χ4v) is 2.41. The van der Waals surface area contributed by atoms with Gasteiger partial charge in [0.2, 0.25) is 0 Å². The molecule has 0 aliphatic carbocycles. The molecule has 0 bridgehead atoms. The molecule has 2 aromatic rings. The number of hydrogen-bond donors (Lipinski definition) is 1. The second kappa shape index (κ2) is 8.13. The van der Waals surface area contributed by atoms with Crippen molar-refractivity contribution in [2.45, 2.75) is 32.3 Å². The third kappa shape index (κ3) is 4.42. The Morgan fingerprint density at radius 1 is 1.04 bits per heavy atom. The molecule has 0 heterocycles. The summed E-state index contributed by atoms with van der Waals surface area (Å²) in [5.41, 5.74) is 1.18. The summed E-state index contributed by atoms with van der Waals surface area (Å²) in [4.78, 5) is 23.7. The lowest BCUT2D eigenvalue weighted by Gasteiger charge is -2.20. The van der Waals surface area contributed by atoms with Crippen LogP contribution >= 0.6 is 0 Å². The molecule has 0 saturated carbocycles. The number of aromatic carboxylic acids is 1. The Morgan fingerprint density at radius 3 is 2.35 bits per heavy atom. The summed E-state index contributed by atoms with van der Waals surface area (Å²) in [6, 6.07) is 15.4. The molecule has 0 amide bonds. The number of ether oxygens (including phenoxy) is 1. The van der Waals surface area contributed by atoms with Gasteiger partial charge in [0, 0.05) is 5.56 Å². The van der Waals surface area contributed by atoms with Gasteiger partial charge in [-0.1, -0.05) is 49.7 Å². The Hall–Kier alpha value is -2.62. The summed E-state index contributed by atoms with van der Waals surface area (Å²) in [5, 5.41) is 9.35. The van der Waals surface area contributed by atoms with Gasteiger partial charge in [-0.05, 0) is 31.0 Å². The van der Waals surface area contributed by atoms with Gasteiger partial charge in [-0.15, -0.1) is 0 Å². The highest BCUT2D eigenvalue weighted by Gasteiger charge is 2.22. The molecule has 0 spiro atoms. The van der Waals surface area contributed by atoms with E-state index < -0.39 is 18.0 Å². The van der Waals surface area contributed by atoms with Crippen LogP contribution in [-0.4, -0.2) is 17.0 Å². The summed E-state index contributed by atoms with van der Waals surface area (Å²) in [6.07, 6.45) is 1.82. The van der Waals surface area contributed by atoms with Gasteiger partial charge in [-0.3, -0.25) is 0 Å². The Morgan fingerprint density at radius 2 is 1.70 bits per heavy atom. The van der Waals surface area contributed by atoms with Crippen LogP contribution in [-0.2, 0) is 4.74 Å². The lowest BCUT2D eigenvalue weighted by Crippen LogP contribution is -2.15. The molecule has 4 nitrogen and oxygen atoms in total. The average Bonchev–Trinajstić information content (AvgIpc) is 2.59. The zero-order valence-corrected chi connectivity index (χ0v) is 13.1. The number of unbranched alkanes of at least 4 members (excludes halogenated alkanes) is 1. The molecule has 0 aromatic heterocycles. The average molecular weight is 312 g/mol. The summed E-state index contributed by atoms with van der Waals surface area (Å²) in [7, 11) is 0. The molecule has 2 aromatic carbocycles. The van der Waals surface area contributed by atoms with E-state index in [9.17, 15) is 14.7 Å². The van der Waals surface area contributed by atoms with Gasteiger partial charge < -0.3 is 9.84 Å². The minimum atomic E-state index is -1.02. The first-order chi connectivity index (χ1) is 11.1.